The van der Waals surface area contributed by atoms with Crippen LogP contribution in [0.1, 0.15) is 31.4 Å². The van der Waals surface area contributed by atoms with Crippen molar-refractivity contribution in [2.45, 2.75) is 51.0 Å². The molecule has 1 aromatic heterocycles. The molecule has 6 heteroatoms. The molecule has 0 saturated carbocycles. The zero-order chi connectivity index (χ0) is 16.8. The highest BCUT2D eigenvalue weighted by Crippen LogP contribution is 2.38. The van der Waals surface area contributed by atoms with E-state index in [1.807, 2.05) is 0 Å². The third-order valence-electron chi connectivity index (χ3n) is 4.91. The average molecular weight is 328 g/mol. The van der Waals surface area contributed by atoms with E-state index in [2.05, 4.69) is 47.3 Å². The second-order valence-corrected chi connectivity index (χ2v) is 7.73. The van der Waals surface area contributed by atoms with E-state index in [9.17, 15) is 5.11 Å². The second kappa shape index (κ2) is 5.57. The molecule has 24 heavy (non-hydrogen) atoms. The normalized spacial score (nSPS) is 25.6. The molecule has 6 nitrogen and oxygen atoms in total. The van der Waals surface area contributed by atoms with Gasteiger partial charge in [-0.25, -0.2) is 4.68 Å². The first-order valence-electron chi connectivity index (χ1n) is 8.51. The number of nitrogens with zero attached hydrogens (tertiary/aromatic N) is 4. The number of benzene rings is 1. The molecule has 0 aliphatic carbocycles. The number of ether oxygens (including phenoxy) is 1. The number of aliphatic hydroxyl groups is 1. The van der Waals surface area contributed by atoms with E-state index in [1.54, 1.807) is 17.1 Å². The molecule has 4 rings (SSSR count). The molecule has 2 aromatic rings. The highest BCUT2D eigenvalue weighted by Gasteiger charge is 2.38. The van der Waals surface area contributed by atoms with E-state index in [4.69, 9.17) is 4.74 Å². The summed E-state index contributed by atoms with van der Waals surface area (Å²) >= 11 is 0. The molecule has 1 aromatic carbocycles. The monoisotopic (exact) mass is 328 g/mol. The number of β-amino-alcohol motifs (C(OH)–C–C–N with tert-alkyl or cyclic N) is 1. The molecule has 2 aliphatic rings. The summed E-state index contributed by atoms with van der Waals surface area (Å²) in [6.45, 7) is 7.06. The smallest absolute Gasteiger partial charge is 0.127 e. The van der Waals surface area contributed by atoms with E-state index in [0.717, 1.165) is 31.7 Å². The zero-order valence-electron chi connectivity index (χ0n) is 14.3. The van der Waals surface area contributed by atoms with Crippen molar-refractivity contribution in [3.05, 3.63) is 41.7 Å². The van der Waals surface area contributed by atoms with E-state index in [-0.39, 0.29) is 5.60 Å². The molecule has 0 spiro atoms. The minimum Gasteiger partial charge on any atom is -0.487 e. The van der Waals surface area contributed by atoms with Crippen molar-refractivity contribution in [1.29, 1.82) is 0 Å². The minimum absolute atomic E-state index is 0.128. The van der Waals surface area contributed by atoms with Crippen LogP contribution in [-0.4, -0.2) is 49.3 Å². The fourth-order valence-corrected chi connectivity index (χ4v) is 3.87. The van der Waals surface area contributed by atoms with Crippen molar-refractivity contribution in [3.8, 4) is 5.75 Å². The van der Waals surface area contributed by atoms with Crippen molar-refractivity contribution in [1.82, 2.24) is 19.9 Å². The molecule has 128 valence electrons. The molecule has 2 aliphatic heterocycles. The van der Waals surface area contributed by atoms with Gasteiger partial charge < -0.3 is 9.84 Å². The Hall–Kier alpha value is -1.92. The summed E-state index contributed by atoms with van der Waals surface area (Å²) in [6.07, 6.45) is 5.13. The van der Waals surface area contributed by atoms with Crippen LogP contribution in [0.2, 0.25) is 0 Å². The lowest BCUT2D eigenvalue weighted by Gasteiger charge is -2.24. The fraction of sp³-hybridized carbons (Fsp3) is 0.556. The van der Waals surface area contributed by atoms with Crippen LogP contribution in [0.4, 0.5) is 0 Å². The highest BCUT2D eigenvalue weighted by molar-refractivity contribution is 5.45. The Balaban J connectivity index is 1.46. The van der Waals surface area contributed by atoms with Gasteiger partial charge in [-0.2, -0.15) is 0 Å². The Bertz CT molecular complexity index is 729. The topological polar surface area (TPSA) is 63.4 Å². The quantitative estimate of drug-likeness (QED) is 0.924. The summed E-state index contributed by atoms with van der Waals surface area (Å²) in [5.74, 6) is 1.04. The number of aromatic nitrogens is 3. The first-order valence-corrected chi connectivity index (χ1v) is 8.51. The van der Waals surface area contributed by atoms with Crippen molar-refractivity contribution < 1.29 is 9.84 Å². The van der Waals surface area contributed by atoms with Crippen molar-refractivity contribution in [3.63, 3.8) is 0 Å². The molecule has 3 heterocycles. The van der Waals surface area contributed by atoms with Crippen molar-refractivity contribution in [2.75, 3.05) is 13.1 Å². The lowest BCUT2D eigenvalue weighted by atomic mass is 10.0. The van der Waals surface area contributed by atoms with Gasteiger partial charge >= 0.3 is 0 Å². The first-order chi connectivity index (χ1) is 11.4. The van der Waals surface area contributed by atoms with Crippen molar-refractivity contribution in [2.24, 2.45) is 0 Å². The second-order valence-electron chi connectivity index (χ2n) is 7.73. The van der Waals surface area contributed by atoms with Crippen LogP contribution in [0, 0.1) is 0 Å². The Kier molecular flexibility index (Phi) is 3.62. The predicted molar refractivity (Wildman–Crippen MR) is 89.7 cm³/mol. The van der Waals surface area contributed by atoms with Gasteiger partial charge in [0.05, 0.1) is 18.3 Å². The van der Waals surface area contributed by atoms with E-state index >= 15 is 0 Å². The van der Waals surface area contributed by atoms with Crippen LogP contribution in [0.3, 0.4) is 0 Å². The van der Waals surface area contributed by atoms with Gasteiger partial charge in [-0.1, -0.05) is 23.4 Å². The molecular formula is C18H24N4O2. The van der Waals surface area contributed by atoms with Gasteiger partial charge in [-0.3, -0.25) is 4.90 Å². The summed E-state index contributed by atoms with van der Waals surface area (Å²) in [5.41, 5.74) is 1.63. The molecule has 1 saturated heterocycles. The maximum Gasteiger partial charge on any atom is 0.127 e. The number of hydrogen-bond acceptors (Lipinski definition) is 5. The maximum absolute atomic E-state index is 10.8. The molecule has 0 bridgehead atoms. The number of hydrogen-bond donors (Lipinski definition) is 1. The first kappa shape index (κ1) is 15.6. The van der Waals surface area contributed by atoms with E-state index in [0.29, 0.717) is 13.1 Å². The highest BCUT2D eigenvalue weighted by atomic mass is 16.5. The number of fused-ring (bicyclic) bond motifs is 1. The number of likely N-dealkylation sites (tertiary alicyclic amines) is 1. The van der Waals surface area contributed by atoms with Crippen LogP contribution in [0.5, 0.6) is 5.75 Å². The third kappa shape index (κ3) is 3.03. The molecule has 1 N–H and O–H groups in total. The van der Waals surface area contributed by atoms with Crippen molar-refractivity contribution >= 4 is 0 Å². The Labute approximate surface area is 142 Å². The summed E-state index contributed by atoms with van der Waals surface area (Å²) in [5, 5.41) is 18.6. The molecule has 0 radical (unpaired) electrons. The molecule has 0 amide bonds. The Morgan fingerprint density at radius 3 is 3.00 bits per heavy atom. The van der Waals surface area contributed by atoms with Crippen LogP contribution in [-0.2, 0) is 19.5 Å². The summed E-state index contributed by atoms with van der Waals surface area (Å²) < 4.78 is 7.87. The van der Waals surface area contributed by atoms with Gasteiger partial charge in [0.1, 0.15) is 11.4 Å². The molecular weight excluding hydrogens is 304 g/mol. The summed E-state index contributed by atoms with van der Waals surface area (Å²) in [4.78, 5) is 2.29. The fourth-order valence-electron chi connectivity index (χ4n) is 3.87. The Morgan fingerprint density at radius 2 is 2.21 bits per heavy atom. The zero-order valence-corrected chi connectivity index (χ0v) is 14.3. The lowest BCUT2D eigenvalue weighted by Crippen LogP contribution is -2.37. The molecule has 1 fully saturated rings. The average Bonchev–Trinajstić information content (AvgIpc) is 3.19. The standard InChI is InChI=1S/C18H24N4O2/c1-17(2)10-14-4-3-5-15(16(14)24-17)11-21-8-6-18(23,12-21)13-22-9-7-19-20-22/h3-5,7,9,23H,6,8,10-13H2,1-2H3. The van der Waals surface area contributed by atoms with Gasteiger partial charge in [-0.05, 0) is 25.8 Å². The van der Waals surface area contributed by atoms with E-state index < -0.39 is 5.60 Å². The Morgan fingerprint density at radius 1 is 1.33 bits per heavy atom. The van der Waals surface area contributed by atoms with Crippen LogP contribution >= 0.6 is 0 Å². The number of para-hydroxylation sites is 1. The lowest BCUT2D eigenvalue weighted by molar-refractivity contribution is 0.0272. The summed E-state index contributed by atoms with van der Waals surface area (Å²) in [6, 6.07) is 6.39. The third-order valence-corrected chi connectivity index (χ3v) is 4.91. The number of rotatable bonds is 4. The van der Waals surface area contributed by atoms with Crippen LogP contribution < -0.4 is 4.74 Å². The predicted octanol–water partition coefficient (Wildman–Crippen LogP) is 1.63. The molecule has 1 unspecified atom stereocenters. The largest absolute Gasteiger partial charge is 0.487 e. The minimum atomic E-state index is -0.744. The molecule has 1 atom stereocenters. The maximum atomic E-state index is 10.8. The van der Waals surface area contributed by atoms with Gasteiger partial charge in [0.15, 0.2) is 0 Å². The van der Waals surface area contributed by atoms with Gasteiger partial charge in [0.2, 0.25) is 0 Å². The van der Waals surface area contributed by atoms with E-state index in [1.165, 1.54) is 11.1 Å². The van der Waals surface area contributed by atoms with Crippen LogP contribution in [0.15, 0.2) is 30.6 Å². The SMILES string of the molecule is CC1(C)Cc2cccc(CN3CCC(O)(Cn4ccnn4)C3)c2O1. The summed E-state index contributed by atoms with van der Waals surface area (Å²) in [7, 11) is 0. The van der Waals surface area contributed by atoms with Crippen LogP contribution in [0.25, 0.3) is 0 Å². The van der Waals surface area contributed by atoms with Gasteiger partial charge in [-0.15, -0.1) is 5.10 Å². The van der Waals surface area contributed by atoms with Gasteiger partial charge in [0, 0.05) is 37.8 Å². The van der Waals surface area contributed by atoms with Gasteiger partial charge in [0.25, 0.3) is 0 Å².